The normalized spacial score (nSPS) is 23.5. The Morgan fingerprint density at radius 3 is 2.67 bits per heavy atom. The molecule has 0 saturated carbocycles. The van der Waals surface area contributed by atoms with E-state index in [4.69, 9.17) is 0 Å². The molecular formula is C16H24N2O2S. The highest BCUT2D eigenvalue weighted by Gasteiger charge is 2.35. The molecule has 1 heterocycles. The van der Waals surface area contributed by atoms with Gasteiger partial charge >= 0.3 is 0 Å². The van der Waals surface area contributed by atoms with Gasteiger partial charge in [0.25, 0.3) is 0 Å². The van der Waals surface area contributed by atoms with Crippen LogP contribution in [0.5, 0.6) is 0 Å². The standard InChI is InChI=1S/C16H24N2O2S/c1-3-21(20)12-11-18-13(2)17-15(16(18)19)10-9-14-7-5-4-6-8-14/h4-8,13,15,17H,3,9-12H2,1-2H3. The molecule has 1 aromatic carbocycles. The summed E-state index contributed by atoms with van der Waals surface area (Å²) in [6.45, 7) is 4.48. The molecule has 0 aromatic heterocycles. The first-order valence-corrected chi connectivity index (χ1v) is 9.06. The molecule has 1 aliphatic heterocycles. The molecule has 1 aliphatic rings. The summed E-state index contributed by atoms with van der Waals surface area (Å²) in [7, 11) is -0.819. The Bertz CT molecular complexity index is 492. The summed E-state index contributed by atoms with van der Waals surface area (Å²) in [6.07, 6.45) is 1.74. The zero-order valence-corrected chi connectivity index (χ0v) is 13.6. The molecule has 116 valence electrons. The van der Waals surface area contributed by atoms with Gasteiger partial charge in [-0.05, 0) is 25.3 Å². The van der Waals surface area contributed by atoms with Crippen molar-refractivity contribution in [3.05, 3.63) is 35.9 Å². The van der Waals surface area contributed by atoms with Crippen LogP contribution < -0.4 is 5.32 Å². The molecule has 3 atom stereocenters. The lowest BCUT2D eigenvalue weighted by atomic mass is 10.1. The van der Waals surface area contributed by atoms with Crippen molar-refractivity contribution in [2.24, 2.45) is 0 Å². The second kappa shape index (κ2) is 7.71. The summed E-state index contributed by atoms with van der Waals surface area (Å²) in [4.78, 5) is 14.2. The molecule has 4 nitrogen and oxygen atoms in total. The van der Waals surface area contributed by atoms with Crippen LogP contribution in [0.2, 0.25) is 0 Å². The molecule has 1 N–H and O–H groups in total. The maximum Gasteiger partial charge on any atom is 0.241 e. The number of carbonyl (C=O) groups excluding carboxylic acids is 1. The summed E-state index contributed by atoms with van der Waals surface area (Å²) >= 11 is 0. The summed E-state index contributed by atoms with van der Waals surface area (Å²) in [5.74, 6) is 1.37. The van der Waals surface area contributed by atoms with Crippen molar-refractivity contribution in [3.63, 3.8) is 0 Å². The van der Waals surface area contributed by atoms with E-state index in [2.05, 4.69) is 17.4 Å². The van der Waals surface area contributed by atoms with Gasteiger partial charge in [-0.15, -0.1) is 0 Å². The monoisotopic (exact) mass is 308 g/mol. The zero-order chi connectivity index (χ0) is 15.2. The molecule has 1 amide bonds. The number of amides is 1. The predicted octanol–water partition coefficient (Wildman–Crippen LogP) is 1.53. The largest absolute Gasteiger partial charge is 0.325 e. The van der Waals surface area contributed by atoms with Gasteiger partial charge in [-0.1, -0.05) is 37.3 Å². The molecule has 0 aliphatic carbocycles. The Labute approximate surface area is 129 Å². The van der Waals surface area contributed by atoms with E-state index in [9.17, 15) is 9.00 Å². The third-order valence-electron chi connectivity index (χ3n) is 3.94. The molecule has 0 spiro atoms. The lowest BCUT2D eigenvalue weighted by Gasteiger charge is -2.20. The Morgan fingerprint density at radius 1 is 1.29 bits per heavy atom. The first kappa shape index (κ1) is 16.2. The van der Waals surface area contributed by atoms with Crippen molar-refractivity contribution >= 4 is 16.7 Å². The highest BCUT2D eigenvalue weighted by Crippen LogP contribution is 2.15. The van der Waals surface area contributed by atoms with E-state index in [0.717, 1.165) is 12.8 Å². The number of hydrogen-bond acceptors (Lipinski definition) is 3. The molecule has 0 radical (unpaired) electrons. The van der Waals surface area contributed by atoms with Crippen LogP contribution >= 0.6 is 0 Å². The maximum atomic E-state index is 12.4. The SMILES string of the molecule is CCS(=O)CCN1C(=O)C(CCc2ccccc2)NC1C. The third-order valence-corrected chi connectivity index (χ3v) is 5.22. The second-order valence-electron chi connectivity index (χ2n) is 5.38. The van der Waals surface area contributed by atoms with Crippen LogP contribution in [-0.4, -0.2) is 45.3 Å². The highest BCUT2D eigenvalue weighted by atomic mass is 32.2. The van der Waals surface area contributed by atoms with E-state index in [1.54, 1.807) is 0 Å². The Hall–Kier alpha value is -1.20. The van der Waals surface area contributed by atoms with Gasteiger partial charge in [0.05, 0.1) is 12.2 Å². The Morgan fingerprint density at radius 2 is 2.00 bits per heavy atom. The van der Waals surface area contributed by atoms with Gasteiger partial charge in [-0.25, -0.2) is 0 Å². The molecule has 1 fully saturated rings. The smallest absolute Gasteiger partial charge is 0.241 e. The number of nitrogens with zero attached hydrogens (tertiary/aromatic N) is 1. The summed E-state index contributed by atoms with van der Waals surface area (Å²) in [6, 6.07) is 10.1. The van der Waals surface area contributed by atoms with Crippen molar-refractivity contribution in [2.75, 3.05) is 18.1 Å². The third kappa shape index (κ3) is 4.38. The summed E-state index contributed by atoms with van der Waals surface area (Å²) in [5, 5.41) is 3.34. The minimum absolute atomic E-state index is 0.0344. The van der Waals surface area contributed by atoms with Crippen molar-refractivity contribution in [2.45, 2.75) is 38.9 Å². The van der Waals surface area contributed by atoms with Crippen LogP contribution in [0.1, 0.15) is 25.8 Å². The lowest BCUT2D eigenvalue weighted by Crippen LogP contribution is -2.37. The van der Waals surface area contributed by atoms with Crippen LogP contribution in [0.3, 0.4) is 0 Å². The molecule has 3 unspecified atom stereocenters. The van der Waals surface area contributed by atoms with Gasteiger partial charge in [0, 0.05) is 28.9 Å². The molecule has 21 heavy (non-hydrogen) atoms. The molecular weight excluding hydrogens is 284 g/mol. The Kier molecular flexibility index (Phi) is 5.94. The Balaban J connectivity index is 1.85. The highest BCUT2D eigenvalue weighted by molar-refractivity contribution is 7.84. The lowest BCUT2D eigenvalue weighted by molar-refractivity contribution is -0.129. The molecule has 0 bridgehead atoms. The van der Waals surface area contributed by atoms with Crippen LogP contribution in [0.4, 0.5) is 0 Å². The van der Waals surface area contributed by atoms with E-state index < -0.39 is 10.8 Å². The van der Waals surface area contributed by atoms with Crippen LogP contribution in [0.15, 0.2) is 30.3 Å². The van der Waals surface area contributed by atoms with Gasteiger partial charge in [0.1, 0.15) is 0 Å². The van der Waals surface area contributed by atoms with Crippen molar-refractivity contribution < 1.29 is 9.00 Å². The molecule has 2 rings (SSSR count). The second-order valence-corrected chi connectivity index (χ2v) is 7.25. The van der Waals surface area contributed by atoms with Crippen molar-refractivity contribution in [1.82, 2.24) is 10.2 Å². The van der Waals surface area contributed by atoms with E-state index >= 15 is 0 Å². The number of benzene rings is 1. The fraction of sp³-hybridized carbons (Fsp3) is 0.562. The van der Waals surface area contributed by atoms with Crippen molar-refractivity contribution in [1.29, 1.82) is 0 Å². The first-order chi connectivity index (χ1) is 10.1. The summed E-state index contributed by atoms with van der Waals surface area (Å²) < 4.78 is 11.5. The fourth-order valence-electron chi connectivity index (χ4n) is 2.65. The van der Waals surface area contributed by atoms with E-state index in [1.165, 1.54) is 5.56 Å². The van der Waals surface area contributed by atoms with Crippen molar-refractivity contribution in [3.8, 4) is 0 Å². The molecule has 1 saturated heterocycles. The van der Waals surface area contributed by atoms with Gasteiger partial charge < -0.3 is 4.90 Å². The van der Waals surface area contributed by atoms with E-state index in [1.807, 2.05) is 36.9 Å². The summed E-state index contributed by atoms with van der Waals surface area (Å²) in [5.41, 5.74) is 1.25. The van der Waals surface area contributed by atoms with E-state index in [-0.39, 0.29) is 18.1 Å². The topological polar surface area (TPSA) is 49.4 Å². The quantitative estimate of drug-likeness (QED) is 0.831. The number of rotatable bonds is 7. The van der Waals surface area contributed by atoms with Gasteiger partial charge in [0.2, 0.25) is 5.91 Å². The van der Waals surface area contributed by atoms with Crippen LogP contribution in [0, 0.1) is 0 Å². The minimum atomic E-state index is -0.819. The minimum Gasteiger partial charge on any atom is -0.325 e. The molecule has 5 heteroatoms. The first-order valence-electron chi connectivity index (χ1n) is 7.57. The molecule has 1 aromatic rings. The van der Waals surface area contributed by atoms with Crippen LogP contribution in [-0.2, 0) is 22.0 Å². The average Bonchev–Trinajstić information content (AvgIpc) is 2.78. The number of hydrogen-bond donors (Lipinski definition) is 1. The number of carbonyl (C=O) groups is 1. The number of aryl methyl sites for hydroxylation is 1. The van der Waals surface area contributed by atoms with Gasteiger partial charge in [-0.3, -0.25) is 14.3 Å². The van der Waals surface area contributed by atoms with E-state index in [0.29, 0.717) is 18.1 Å². The fourth-order valence-corrected chi connectivity index (χ4v) is 3.34. The van der Waals surface area contributed by atoms with Gasteiger partial charge in [0.15, 0.2) is 0 Å². The average molecular weight is 308 g/mol. The van der Waals surface area contributed by atoms with Crippen LogP contribution in [0.25, 0.3) is 0 Å². The van der Waals surface area contributed by atoms with Gasteiger partial charge in [-0.2, -0.15) is 0 Å². The zero-order valence-electron chi connectivity index (χ0n) is 12.7. The number of nitrogens with one attached hydrogen (secondary N) is 1. The maximum absolute atomic E-state index is 12.4. The predicted molar refractivity (Wildman–Crippen MR) is 86.4 cm³/mol.